The molecule has 0 radical (unpaired) electrons. The second kappa shape index (κ2) is 6.17. The summed E-state index contributed by atoms with van der Waals surface area (Å²) >= 11 is 0. The monoisotopic (exact) mass is 386 g/mol. The number of nitrogens with one attached hydrogen (secondary N) is 1. The summed E-state index contributed by atoms with van der Waals surface area (Å²) in [5, 5.41) is 15.3. The quantitative estimate of drug-likeness (QED) is 0.494. The predicted molar refractivity (Wildman–Crippen MR) is 109 cm³/mol. The summed E-state index contributed by atoms with van der Waals surface area (Å²) in [6, 6.07) is 9.26. The number of aromatic nitrogens is 4. The van der Waals surface area contributed by atoms with E-state index in [1.165, 1.54) is 6.07 Å². The number of H-pyrrole nitrogens is 1. The molecule has 0 saturated heterocycles. The van der Waals surface area contributed by atoms with Crippen molar-refractivity contribution in [1.29, 1.82) is 5.26 Å². The van der Waals surface area contributed by atoms with Crippen LogP contribution in [0.4, 0.5) is 10.2 Å². The minimum absolute atomic E-state index is 0.0214. The smallest absolute Gasteiger partial charge is 0.160 e. The van der Waals surface area contributed by atoms with Crippen LogP contribution in [0.5, 0.6) is 0 Å². The van der Waals surface area contributed by atoms with Gasteiger partial charge in [-0.2, -0.15) is 10.4 Å². The number of nitrogens with zero attached hydrogens (tertiary/aromatic N) is 5. The Bertz CT molecular complexity index is 1310. The maximum Gasteiger partial charge on any atom is 0.160 e. The molecule has 0 unspecified atom stereocenters. The van der Waals surface area contributed by atoms with Crippen molar-refractivity contribution in [2.24, 2.45) is 7.05 Å². The molecule has 144 valence electrons. The Hall–Kier alpha value is -3.66. The molecule has 6 nitrogen and oxygen atoms in total. The minimum atomic E-state index is -0.253. The van der Waals surface area contributed by atoms with Crippen LogP contribution in [0.3, 0.4) is 0 Å². The van der Waals surface area contributed by atoms with Crippen LogP contribution in [0.1, 0.15) is 35.2 Å². The molecule has 4 heterocycles. The number of hydrogen-bond acceptors (Lipinski definition) is 4. The van der Waals surface area contributed by atoms with Crippen molar-refractivity contribution in [2.75, 3.05) is 11.9 Å². The van der Waals surface area contributed by atoms with Crippen LogP contribution in [-0.2, 0) is 13.6 Å². The second-order valence-electron chi connectivity index (χ2n) is 7.57. The summed E-state index contributed by atoms with van der Waals surface area (Å²) in [4.78, 5) is 9.81. The fraction of sp³-hybridized carbons (Fsp3) is 0.227. The van der Waals surface area contributed by atoms with Crippen LogP contribution >= 0.6 is 0 Å². The number of anilines is 1. The molecule has 0 spiro atoms. The molecular weight excluding hydrogens is 367 g/mol. The van der Waals surface area contributed by atoms with Crippen LogP contribution in [0.2, 0.25) is 0 Å². The number of hydrogen-bond donors (Lipinski definition) is 1. The predicted octanol–water partition coefficient (Wildman–Crippen LogP) is 4.08. The van der Waals surface area contributed by atoms with Gasteiger partial charge in [0.2, 0.25) is 0 Å². The van der Waals surface area contributed by atoms with E-state index in [0.717, 1.165) is 38.9 Å². The maximum atomic E-state index is 14.1. The topological polar surface area (TPSA) is 73.5 Å². The summed E-state index contributed by atoms with van der Waals surface area (Å²) in [6.45, 7) is 2.63. The number of aromatic amines is 1. The van der Waals surface area contributed by atoms with Crippen molar-refractivity contribution in [3.8, 4) is 17.2 Å². The number of halogens is 1. The van der Waals surface area contributed by atoms with Crippen molar-refractivity contribution in [3.63, 3.8) is 0 Å². The van der Waals surface area contributed by atoms with E-state index >= 15 is 0 Å². The average Bonchev–Trinajstić information content (AvgIpc) is 3.28. The third-order valence-electron chi connectivity index (χ3n) is 5.80. The van der Waals surface area contributed by atoms with Gasteiger partial charge < -0.3 is 9.88 Å². The molecule has 3 aromatic heterocycles. The maximum absolute atomic E-state index is 14.1. The molecule has 0 amide bonds. The summed E-state index contributed by atoms with van der Waals surface area (Å²) in [7, 11) is 3.71. The summed E-state index contributed by atoms with van der Waals surface area (Å²) in [5.41, 5.74) is 5.86. The molecule has 1 N–H and O–H groups in total. The van der Waals surface area contributed by atoms with Crippen LogP contribution in [0.15, 0.2) is 36.7 Å². The summed E-state index contributed by atoms with van der Waals surface area (Å²) in [6.07, 6.45) is 3.71. The molecule has 5 rings (SSSR count). The van der Waals surface area contributed by atoms with E-state index < -0.39 is 0 Å². The first-order valence-electron chi connectivity index (χ1n) is 9.42. The normalized spacial score (nSPS) is 15.7. The van der Waals surface area contributed by atoms with Gasteiger partial charge in [0.25, 0.3) is 0 Å². The fourth-order valence-corrected chi connectivity index (χ4v) is 4.30. The molecule has 1 aromatic carbocycles. The number of rotatable bonds is 0. The van der Waals surface area contributed by atoms with Gasteiger partial charge in [0, 0.05) is 49.9 Å². The molecule has 1 aliphatic heterocycles. The van der Waals surface area contributed by atoms with Gasteiger partial charge in [-0.3, -0.25) is 4.68 Å². The van der Waals surface area contributed by atoms with Gasteiger partial charge in [0.05, 0.1) is 5.56 Å². The van der Waals surface area contributed by atoms with E-state index in [2.05, 4.69) is 28.1 Å². The van der Waals surface area contributed by atoms with Gasteiger partial charge in [-0.1, -0.05) is 13.0 Å². The van der Waals surface area contributed by atoms with Gasteiger partial charge in [0.15, 0.2) is 5.82 Å². The third-order valence-corrected chi connectivity index (χ3v) is 5.80. The highest BCUT2D eigenvalue weighted by Gasteiger charge is 2.25. The SMILES string of the molecule is C[C@@H]1c2cc(F)ccc2CN(C)c2nn(C)c(C#N)c2-c2cnc3[nH]cc1c3c2. The average molecular weight is 386 g/mol. The molecule has 7 heteroatoms. The highest BCUT2D eigenvalue weighted by atomic mass is 19.1. The van der Waals surface area contributed by atoms with Crippen molar-refractivity contribution >= 4 is 16.9 Å². The lowest BCUT2D eigenvalue weighted by atomic mass is 9.89. The molecule has 1 aliphatic rings. The van der Waals surface area contributed by atoms with E-state index in [9.17, 15) is 9.65 Å². The Balaban J connectivity index is 1.88. The highest BCUT2D eigenvalue weighted by Crippen LogP contribution is 2.39. The first-order chi connectivity index (χ1) is 14.0. The van der Waals surface area contributed by atoms with E-state index in [1.54, 1.807) is 24.0 Å². The van der Waals surface area contributed by atoms with Crippen LogP contribution in [-0.4, -0.2) is 26.8 Å². The van der Waals surface area contributed by atoms with E-state index in [1.807, 2.05) is 30.3 Å². The Morgan fingerprint density at radius 2 is 2.07 bits per heavy atom. The zero-order valence-electron chi connectivity index (χ0n) is 16.4. The summed E-state index contributed by atoms with van der Waals surface area (Å²) < 4.78 is 15.7. The van der Waals surface area contributed by atoms with Crippen molar-refractivity contribution < 1.29 is 4.39 Å². The second-order valence-corrected chi connectivity index (χ2v) is 7.57. The lowest BCUT2D eigenvalue weighted by molar-refractivity contribution is 0.622. The largest absolute Gasteiger partial charge is 0.353 e. The zero-order valence-corrected chi connectivity index (χ0v) is 16.4. The number of aryl methyl sites for hydroxylation is 1. The number of fused-ring (bicyclic) bond motifs is 4. The first-order valence-corrected chi connectivity index (χ1v) is 9.42. The molecule has 0 aliphatic carbocycles. The van der Waals surface area contributed by atoms with E-state index in [-0.39, 0.29) is 11.7 Å². The molecule has 0 fully saturated rings. The highest BCUT2D eigenvalue weighted by molar-refractivity contribution is 5.89. The fourth-order valence-electron chi connectivity index (χ4n) is 4.30. The molecule has 29 heavy (non-hydrogen) atoms. The Morgan fingerprint density at radius 3 is 2.86 bits per heavy atom. The van der Waals surface area contributed by atoms with Crippen LogP contribution in [0.25, 0.3) is 22.2 Å². The first kappa shape index (κ1) is 17.4. The van der Waals surface area contributed by atoms with E-state index in [4.69, 9.17) is 0 Å². The minimum Gasteiger partial charge on any atom is -0.353 e. The van der Waals surface area contributed by atoms with Gasteiger partial charge in [-0.25, -0.2) is 9.37 Å². The lowest BCUT2D eigenvalue weighted by Crippen LogP contribution is -2.19. The van der Waals surface area contributed by atoms with Gasteiger partial charge in [-0.05, 0) is 34.9 Å². The molecule has 1 atom stereocenters. The van der Waals surface area contributed by atoms with Crippen LogP contribution < -0.4 is 4.90 Å². The van der Waals surface area contributed by atoms with E-state index in [0.29, 0.717) is 18.1 Å². The number of benzene rings is 1. The van der Waals surface area contributed by atoms with Crippen molar-refractivity contribution in [2.45, 2.75) is 19.4 Å². The molecular formula is C22H19FN6. The standard InChI is InChI=1S/C22H19FN6/c1-12-16-7-15(23)5-4-13(16)11-28(2)22-20(19(8-24)29(3)27-22)14-6-17-18(12)10-26-21(17)25-9-14/h4-7,9-10,12H,11H2,1-3H3,(H,25,26)/t12-/m1/s1. The Labute approximate surface area is 167 Å². The van der Waals surface area contributed by atoms with Crippen LogP contribution in [0, 0.1) is 17.1 Å². The van der Waals surface area contributed by atoms with Crippen molar-refractivity contribution in [3.05, 3.63) is 64.9 Å². The van der Waals surface area contributed by atoms with Gasteiger partial charge in [0.1, 0.15) is 23.2 Å². The zero-order chi connectivity index (χ0) is 20.3. The van der Waals surface area contributed by atoms with Crippen molar-refractivity contribution in [1.82, 2.24) is 19.7 Å². The summed E-state index contributed by atoms with van der Waals surface area (Å²) in [5.74, 6) is 0.427. The molecule has 2 bridgehead atoms. The molecule has 4 aromatic rings. The Kier molecular flexibility index (Phi) is 3.71. The van der Waals surface area contributed by atoms with Gasteiger partial charge >= 0.3 is 0 Å². The molecule has 0 saturated carbocycles. The Morgan fingerprint density at radius 1 is 1.24 bits per heavy atom. The third kappa shape index (κ3) is 2.53. The lowest BCUT2D eigenvalue weighted by Gasteiger charge is -2.22. The number of nitriles is 1. The van der Waals surface area contributed by atoms with Gasteiger partial charge in [-0.15, -0.1) is 0 Å². The number of pyridine rings is 1.